The number of hydrogen-bond donors (Lipinski definition) is 0. The molecule has 8 nitrogen and oxygen atoms in total. The van der Waals surface area contributed by atoms with Crippen LogP contribution in [0.1, 0.15) is 40.5 Å². The van der Waals surface area contributed by atoms with Crippen molar-refractivity contribution in [3.63, 3.8) is 0 Å². The summed E-state index contributed by atoms with van der Waals surface area (Å²) in [5.41, 5.74) is 6.16. The minimum atomic E-state index is -0.283. The average Bonchev–Trinajstić information content (AvgIpc) is 3.58. The Morgan fingerprint density at radius 2 is 1.88 bits per heavy atom. The summed E-state index contributed by atoms with van der Waals surface area (Å²) in [6, 6.07) is 17.7. The number of hydrazone groups is 1. The Bertz CT molecular complexity index is 1340. The van der Waals surface area contributed by atoms with Crippen LogP contribution >= 0.6 is 11.8 Å². The van der Waals surface area contributed by atoms with Crippen molar-refractivity contribution in [2.45, 2.75) is 38.4 Å². The molecule has 0 aliphatic carbocycles. The molecule has 0 saturated carbocycles. The zero-order chi connectivity index (χ0) is 23.7. The third kappa shape index (κ3) is 4.38. The van der Waals surface area contributed by atoms with Crippen LogP contribution in [0.5, 0.6) is 0 Å². The van der Waals surface area contributed by atoms with Gasteiger partial charge in [-0.3, -0.25) is 4.79 Å². The number of tetrazole rings is 1. The summed E-state index contributed by atoms with van der Waals surface area (Å²) in [5, 5.41) is 18.9. The van der Waals surface area contributed by atoms with Crippen LogP contribution in [0, 0.1) is 20.8 Å². The van der Waals surface area contributed by atoms with E-state index >= 15 is 0 Å². The lowest BCUT2D eigenvalue weighted by Crippen LogP contribution is -2.28. The monoisotopic (exact) mass is 472 g/mol. The van der Waals surface area contributed by atoms with Crippen LogP contribution in [0.15, 0.2) is 75.5 Å². The van der Waals surface area contributed by atoms with E-state index in [1.165, 1.54) is 27.9 Å². The molecule has 0 unspecified atom stereocenters. The van der Waals surface area contributed by atoms with E-state index in [1.807, 2.05) is 69.3 Å². The summed E-state index contributed by atoms with van der Waals surface area (Å²) in [4.78, 5) is 13.3. The number of hydrogen-bond acceptors (Lipinski definition) is 7. The number of amides is 1. The number of rotatable bonds is 6. The van der Waals surface area contributed by atoms with Crippen LogP contribution in [0.4, 0.5) is 0 Å². The lowest BCUT2D eigenvalue weighted by atomic mass is 10.0. The van der Waals surface area contributed by atoms with Gasteiger partial charge in [-0.05, 0) is 60.5 Å². The maximum absolute atomic E-state index is 13.3. The molecule has 0 N–H and O–H groups in total. The lowest BCUT2D eigenvalue weighted by molar-refractivity contribution is -0.130. The van der Waals surface area contributed by atoms with E-state index in [-0.39, 0.29) is 17.7 Å². The fourth-order valence-electron chi connectivity index (χ4n) is 4.02. The van der Waals surface area contributed by atoms with Gasteiger partial charge >= 0.3 is 0 Å². The predicted octanol–water partition coefficient (Wildman–Crippen LogP) is 4.65. The van der Waals surface area contributed by atoms with E-state index in [2.05, 4.69) is 21.6 Å². The Balaban J connectivity index is 1.37. The molecule has 0 bridgehead atoms. The van der Waals surface area contributed by atoms with E-state index in [1.54, 1.807) is 10.9 Å². The highest BCUT2D eigenvalue weighted by Crippen LogP contribution is 2.34. The lowest BCUT2D eigenvalue weighted by Gasteiger charge is -2.19. The first-order valence-corrected chi connectivity index (χ1v) is 12.0. The van der Waals surface area contributed by atoms with Crippen molar-refractivity contribution in [1.82, 2.24) is 25.2 Å². The van der Waals surface area contributed by atoms with Crippen LogP contribution in [0.3, 0.4) is 0 Å². The van der Waals surface area contributed by atoms with Crippen LogP contribution in [0.2, 0.25) is 0 Å². The van der Waals surface area contributed by atoms with Crippen molar-refractivity contribution in [2.24, 2.45) is 5.10 Å². The molecular formula is C25H24N6O2S. The zero-order valence-corrected chi connectivity index (χ0v) is 20.0. The smallest absolute Gasteiger partial charge is 0.253 e. The zero-order valence-electron chi connectivity index (χ0n) is 19.2. The summed E-state index contributed by atoms with van der Waals surface area (Å²) < 4.78 is 7.31. The molecule has 1 aliphatic heterocycles. The summed E-state index contributed by atoms with van der Waals surface area (Å²) in [6.07, 6.45) is 2.21. The highest BCUT2D eigenvalue weighted by Gasteiger charge is 2.35. The molecule has 0 saturated heterocycles. The first kappa shape index (κ1) is 22.1. The van der Waals surface area contributed by atoms with Gasteiger partial charge in [0.2, 0.25) is 5.16 Å². The molecule has 3 heterocycles. The highest BCUT2D eigenvalue weighted by atomic mass is 32.2. The van der Waals surface area contributed by atoms with Crippen molar-refractivity contribution in [3.8, 4) is 5.69 Å². The molecule has 5 rings (SSSR count). The third-order valence-electron chi connectivity index (χ3n) is 5.77. The molecular weight excluding hydrogens is 448 g/mol. The number of carbonyl (C=O) groups excluding carboxylic acids is 1. The number of aryl methyl sites for hydroxylation is 3. The second-order valence-corrected chi connectivity index (χ2v) is 9.28. The second-order valence-electron chi connectivity index (χ2n) is 8.34. The van der Waals surface area contributed by atoms with Gasteiger partial charge in [0.25, 0.3) is 5.91 Å². The number of furan rings is 1. The van der Waals surface area contributed by atoms with Crippen molar-refractivity contribution >= 4 is 23.4 Å². The largest absolute Gasteiger partial charge is 0.467 e. The van der Waals surface area contributed by atoms with Gasteiger partial charge in [-0.15, -0.1) is 5.10 Å². The second kappa shape index (κ2) is 9.26. The third-order valence-corrected chi connectivity index (χ3v) is 6.67. The molecule has 34 heavy (non-hydrogen) atoms. The van der Waals surface area contributed by atoms with Crippen LogP contribution in [0.25, 0.3) is 5.69 Å². The van der Waals surface area contributed by atoms with Crippen LogP contribution < -0.4 is 0 Å². The number of carbonyl (C=O) groups is 1. The van der Waals surface area contributed by atoms with Gasteiger partial charge in [0.05, 0.1) is 23.4 Å². The molecule has 4 aromatic rings. The van der Waals surface area contributed by atoms with E-state index in [0.717, 1.165) is 22.5 Å². The predicted molar refractivity (Wildman–Crippen MR) is 130 cm³/mol. The normalized spacial score (nSPS) is 15.6. The Morgan fingerprint density at radius 1 is 1.09 bits per heavy atom. The summed E-state index contributed by atoms with van der Waals surface area (Å²) in [6.45, 7) is 6.11. The topological polar surface area (TPSA) is 89.4 Å². The van der Waals surface area contributed by atoms with E-state index in [0.29, 0.717) is 17.3 Å². The van der Waals surface area contributed by atoms with Crippen molar-refractivity contribution < 1.29 is 9.21 Å². The van der Waals surface area contributed by atoms with Crippen LogP contribution in [-0.2, 0) is 4.79 Å². The van der Waals surface area contributed by atoms with Gasteiger partial charge in [-0.25, -0.2) is 5.01 Å². The van der Waals surface area contributed by atoms with Gasteiger partial charge < -0.3 is 4.42 Å². The quantitative estimate of drug-likeness (QED) is 0.380. The maximum Gasteiger partial charge on any atom is 0.253 e. The summed E-state index contributed by atoms with van der Waals surface area (Å²) in [5.74, 6) is 0.723. The van der Waals surface area contributed by atoms with Crippen molar-refractivity contribution in [3.05, 3.63) is 88.9 Å². The van der Waals surface area contributed by atoms with Crippen molar-refractivity contribution in [2.75, 3.05) is 5.75 Å². The maximum atomic E-state index is 13.3. The van der Waals surface area contributed by atoms with E-state index in [9.17, 15) is 4.79 Å². The standard InChI is InChI=1S/C25H24N6O2S/c1-16-6-9-19(10-7-16)20-14-22(23-5-4-12-33-23)30(27-20)24(32)15-34-25-26-28-29-31(25)21-11-8-17(2)13-18(21)3/h4-13,22H,14-15H2,1-3H3/t22-/m1/s1. The highest BCUT2D eigenvalue weighted by molar-refractivity contribution is 7.99. The minimum absolute atomic E-state index is 0.135. The summed E-state index contributed by atoms with van der Waals surface area (Å²) in [7, 11) is 0. The van der Waals surface area contributed by atoms with E-state index in [4.69, 9.17) is 9.52 Å². The Kier molecular flexibility index (Phi) is 6.02. The number of nitrogens with zero attached hydrogens (tertiary/aromatic N) is 6. The molecule has 2 aromatic heterocycles. The Hall–Kier alpha value is -3.72. The number of aromatic nitrogens is 4. The molecule has 0 radical (unpaired) electrons. The minimum Gasteiger partial charge on any atom is -0.467 e. The molecule has 9 heteroatoms. The molecule has 2 aromatic carbocycles. The SMILES string of the molecule is Cc1ccc(C2=NN(C(=O)CSc3nnnn3-c3ccc(C)cc3C)[C@@H](c3ccco3)C2)cc1. The number of thioether (sulfide) groups is 1. The fourth-order valence-corrected chi connectivity index (χ4v) is 4.76. The Labute approximate surface area is 201 Å². The average molecular weight is 473 g/mol. The van der Waals surface area contributed by atoms with Gasteiger partial charge in [0.15, 0.2) is 0 Å². The van der Waals surface area contributed by atoms with Gasteiger partial charge in [0.1, 0.15) is 11.8 Å². The van der Waals surface area contributed by atoms with E-state index < -0.39 is 0 Å². The molecule has 1 atom stereocenters. The Morgan fingerprint density at radius 3 is 2.62 bits per heavy atom. The molecule has 1 amide bonds. The first-order chi connectivity index (χ1) is 16.5. The molecule has 0 fully saturated rings. The van der Waals surface area contributed by atoms with Gasteiger partial charge in [0, 0.05) is 6.42 Å². The molecule has 1 aliphatic rings. The first-order valence-electron chi connectivity index (χ1n) is 11.0. The van der Waals surface area contributed by atoms with Crippen LogP contribution in [-0.4, -0.2) is 42.6 Å². The summed E-state index contributed by atoms with van der Waals surface area (Å²) >= 11 is 1.29. The molecule has 172 valence electrons. The fraction of sp³-hybridized carbons (Fsp3) is 0.240. The van der Waals surface area contributed by atoms with Crippen molar-refractivity contribution in [1.29, 1.82) is 0 Å². The van der Waals surface area contributed by atoms with Gasteiger partial charge in [-0.2, -0.15) is 9.78 Å². The molecule has 0 spiro atoms. The number of benzene rings is 2. The van der Waals surface area contributed by atoms with Gasteiger partial charge in [-0.1, -0.05) is 59.3 Å².